The monoisotopic (exact) mass is 281 g/mol. The van der Waals surface area contributed by atoms with E-state index in [2.05, 4.69) is 5.32 Å². The minimum absolute atomic E-state index is 0.110. The van der Waals surface area contributed by atoms with Gasteiger partial charge in [-0.25, -0.2) is 0 Å². The highest BCUT2D eigenvalue weighted by Gasteiger charge is 2.06. The van der Waals surface area contributed by atoms with Crippen LogP contribution >= 0.6 is 0 Å². The van der Waals surface area contributed by atoms with Crippen LogP contribution in [0.2, 0.25) is 0 Å². The van der Waals surface area contributed by atoms with Crippen molar-refractivity contribution in [2.24, 2.45) is 0 Å². The summed E-state index contributed by atoms with van der Waals surface area (Å²) in [6.07, 6.45) is 0. The molecule has 0 aromatic heterocycles. The van der Waals surface area contributed by atoms with Gasteiger partial charge in [-0.3, -0.25) is 4.79 Å². The van der Waals surface area contributed by atoms with Crippen LogP contribution in [-0.2, 0) is 4.79 Å². The van der Waals surface area contributed by atoms with Gasteiger partial charge < -0.3 is 15.8 Å². The minimum Gasteiger partial charge on any atom is -0.483 e. The Bertz CT molecular complexity index is 705. The van der Waals surface area contributed by atoms with Crippen molar-refractivity contribution in [1.29, 1.82) is 5.26 Å². The van der Waals surface area contributed by atoms with Gasteiger partial charge in [0.15, 0.2) is 6.61 Å². The number of amides is 1. The van der Waals surface area contributed by atoms with Gasteiger partial charge in [-0.15, -0.1) is 0 Å². The van der Waals surface area contributed by atoms with Gasteiger partial charge in [-0.05, 0) is 48.9 Å². The average Bonchev–Trinajstić information content (AvgIpc) is 2.46. The van der Waals surface area contributed by atoms with Gasteiger partial charge in [0.25, 0.3) is 5.91 Å². The second-order valence-corrected chi connectivity index (χ2v) is 4.55. The van der Waals surface area contributed by atoms with Crippen LogP contribution in [0.1, 0.15) is 11.1 Å². The van der Waals surface area contributed by atoms with Crippen LogP contribution in [0.15, 0.2) is 42.5 Å². The fourth-order valence-electron chi connectivity index (χ4n) is 1.84. The molecular formula is C16H15N3O2. The number of benzene rings is 2. The van der Waals surface area contributed by atoms with E-state index in [1.165, 1.54) is 0 Å². The van der Waals surface area contributed by atoms with Gasteiger partial charge in [0.1, 0.15) is 5.75 Å². The van der Waals surface area contributed by atoms with Crippen LogP contribution in [0.3, 0.4) is 0 Å². The number of aryl methyl sites for hydroxylation is 1. The average molecular weight is 281 g/mol. The maximum atomic E-state index is 11.8. The number of carbonyl (C=O) groups is 1. The zero-order valence-electron chi connectivity index (χ0n) is 11.6. The lowest BCUT2D eigenvalue weighted by atomic mass is 10.2. The van der Waals surface area contributed by atoms with Gasteiger partial charge in [-0.1, -0.05) is 6.07 Å². The van der Waals surface area contributed by atoms with Crippen LogP contribution in [0.4, 0.5) is 11.4 Å². The van der Waals surface area contributed by atoms with E-state index in [4.69, 9.17) is 15.7 Å². The van der Waals surface area contributed by atoms with Gasteiger partial charge in [0.2, 0.25) is 0 Å². The maximum absolute atomic E-state index is 11.8. The largest absolute Gasteiger partial charge is 0.483 e. The second kappa shape index (κ2) is 6.44. The third-order valence-corrected chi connectivity index (χ3v) is 2.83. The number of hydrogen-bond acceptors (Lipinski definition) is 4. The number of carbonyl (C=O) groups excluding carboxylic acids is 1. The highest BCUT2D eigenvalue weighted by Crippen LogP contribution is 2.20. The molecule has 3 N–H and O–H groups in total. The van der Waals surface area contributed by atoms with E-state index in [9.17, 15) is 4.79 Å². The Hall–Kier alpha value is -3.00. The summed E-state index contributed by atoms with van der Waals surface area (Å²) < 4.78 is 5.45. The van der Waals surface area contributed by atoms with E-state index in [1.54, 1.807) is 42.5 Å². The summed E-state index contributed by atoms with van der Waals surface area (Å²) in [7, 11) is 0. The molecular weight excluding hydrogens is 266 g/mol. The molecule has 2 aromatic carbocycles. The molecule has 0 aliphatic carbocycles. The molecule has 1 amide bonds. The number of nitrogens with zero attached hydrogens (tertiary/aromatic N) is 1. The third-order valence-electron chi connectivity index (χ3n) is 2.83. The maximum Gasteiger partial charge on any atom is 0.262 e. The molecule has 5 nitrogen and oxygen atoms in total. The SMILES string of the molecule is Cc1cc(N)ccc1OCC(=O)Nc1cccc(C#N)c1. The Morgan fingerprint density at radius 1 is 1.33 bits per heavy atom. The van der Waals surface area contributed by atoms with Crippen molar-refractivity contribution in [3.63, 3.8) is 0 Å². The summed E-state index contributed by atoms with van der Waals surface area (Å²) in [5, 5.41) is 11.5. The van der Waals surface area contributed by atoms with Gasteiger partial charge >= 0.3 is 0 Å². The molecule has 0 aliphatic heterocycles. The number of hydrogen-bond donors (Lipinski definition) is 2. The van der Waals surface area contributed by atoms with E-state index >= 15 is 0 Å². The highest BCUT2D eigenvalue weighted by atomic mass is 16.5. The van der Waals surface area contributed by atoms with Crippen LogP contribution in [0.25, 0.3) is 0 Å². The van der Waals surface area contributed by atoms with Crippen LogP contribution in [0, 0.1) is 18.3 Å². The Morgan fingerprint density at radius 2 is 2.14 bits per heavy atom. The lowest BCUT2D eigenvalue weighted by molar-refractivity contribution is -0.118. The summed E-state index contributed by atoms with van der Waals surface area (Å²) in [6, 6.07) is 13.9. The van der Waals surface area contributed by atoms with Gasteiger partial charge in [0, 0.05) is 11.4 Å². The summed E-state index contributed by atoms with van der Waals surface area (Å²) in [5.41, 5.74) is 8.23. The molecule has 5 heteroatoms. The number of ether oxygens (including phenoxy) is 1. The van der Waals surface area contributed by atoms with Crippen molar-refractivity contribution in [1.82, 2.24) is 0 Å². The molecule has 0 aliphatic rings. The predicted octanol–water partition coefficient (Wildman–Crippen LogP) is 2.47. The first-order valence-corrected chi connectivity index (χ1v) is 6.37. The van der Waals surface area contributed by atoms with Crippen molar-refractivity contribution >= 4 is 17.3 Å². The molecule has 0 saturated carbocycles. The quantitative estimate of drug-likeness (QED) is 0.843. The predicted molar refractivity (Wildman–Crippen MR) is 80.9 cm³/mol. The second-order valence-electron chi connectivity index (χ2n) is 4.55. The Kier molecular flexibility index (Phi) is 4.42. The topological polar surface area (TPSA) is 88.1 Å². The van der Waals surface area contributed by atoms with E-state index in [1.807, 2.05) is 13.0 Å². The van der Waals surface area contributed by atoms with Gasteiger partial charge in [-0.2, -0.15) is 5.26 Å². The molecule has 0 bridgehead atoms. The Labute approximate surface area is 123 Å². The van der Waals surface area contributed by atoms with Crippen LogP contribution < -0.4 is 15.8 Å². The first-order chi connectivity index (χ1) is 10.1. The minimum atomic E-state index is -0.290. The lowest BCUT2D eigenvalue weighted by Gasteiger charge is -2.10. The van der Waals surface area contributed by atoms with Crippen molar-refractivity contribution in [2.45, 2.75) is 6.92 Å². The number of rotatable bonds is 4. The van der Waals surface area contributed by atoms with E-state index in [0.717, 1.165) is 5.56 Å². The number of nitrogen functional groups attached to an aromatic ring is 1. The van der Waals surface area contributed by atoms with Crippen molar-refractivity contribution in [3.05, 3.63) is 53.6 Å². The lowest BCUT2D eigenvalue weighted by Crippen LogP contribution is -2.20. The highest BCUT2D eigenvalue weighted by molar-refractivity contribution is 5.92. The van der Waals surface area contributed by atoms with Crippen molar-refractivity contribution < 1.29 is 9.53 Å². The number of nitrogens with two attached hydrogens (primary N) is 1. The molecule has 0 unspecified atom stereocenters. The zero-order chi connectivity index (χ0) is 15.2. The fourth-order valence-corrected chi connectivity index (χ4v) is 1.84. The fraction of sp³-hybridized carbons (Fsp3) is 0.125. The molecule has 21 heavy (non-hydrogen) atoms. The standard InChI is InChI=1S/C16H15N3O2/c1-11-7-13(18)5-6-15(11)21-10-16(20)19-14-4-2-3-12(8-14)9-17/h2-8H,10,18H2,1H3,(H,19,20). The van der Waals surface area contributed by atoms with E-state index in [0.29, 0.717) is 22.7 Å². The number of nitrogens with one attached hydrogen (secondary N) is 1. The first kappa shape index (κ1) is 14.4. The van der Waals surface area contributed by atoms with E-state index in [-0.39, 0.29) is 12.5 Å². The van der Waals surface area contributed by atoms with Gasteiger partial charge in [0.05, 0.1) is 11.6 Å². The normalized spacial score (nSPS) is 9.71. The summed E-state index contributed by atoms with van der Waals surface area (Å²) in [4.78, 5) is 11.8. The summed E-state index contributed by atoms with van der Waals surface area (Å²) in [6.45, 7) is 1.75. The molecule has 106 valence electrons. The Morgan fingerprint density at radius 3 is 2.86 bits per heavy atom. The number of nitriles is 1. The third kappa shape index (κ3) is 3.98. The zero-order valence-corrected chi connectivity index (χ0v) is 11.6. The van der Waals surface area contributed by atoms with Crippen LogP contribution in [-0.4, -0.2) is 12.5 Å². The molecule has 0 spiro atoms. The summed E-state index contributed by atoms with van der Waals surface area (Å²) >= 11 is 0. The molecule has 0 saturated heterocycles. The molecule has 0 fully saturated rings. The smallest absolute Gasteiger partial charge is 0.262 e. The molecule has 0 radical (unpaired) electrons. The molecule has 2 aromatic rings. The van der Waals surface area contributed by atoms with E-state index < -0.39 is 0 Å². The Balaban J connectivity index is 1.94. The van der Waals surface area contributed by atoms with Crippen LogP contribution in [0.5, 0.6) is 5.75 Å². The van der Waals surface area contributed by atoms with Crippen molar-refractivity contribution in [2.75, 3.05) is 17.7 Å². The molecule has 0 heterocycles. The molecule has 0 atom stereocenters. The van der Waals surface area contributed by atoms with Crippen molar-refractivity contribution in [3.8, 4) is 11.8 Å². The molecule has 2 rings (SSSR count). The first-order valence-electron chi connectivity index (χ1n) is 6.37. The summed E-state index contributed by atoms with van der Waals surface area (Å²) in [5.74, 6) is 0.325. The number of anilines is 2.